The van der Waals surface area contributed by atoms with E-state index in [0.29, 0.717) is 18.2 Å². The highest BCUT2D eigenvalue weighted by Crippen LogP contribution is 2.30. The third kappa shape index (κ3) is 6.52. The molecule has 0 amide bonds. The number of ether oxygens (including phenoxy) is 1. The van der Waals surface area contributed by atoms with E-state index in [-0.39, 0.29) is 0 Å². The Kier molecular flexibility index (Phi) is 9.23. The van der Waals surface area contributed by atoms with E-state index in [4.69, 9.17) is 4.74 Å². The minimum atomic E-state index is 0.560. The summed E-state index contributed by atoms with van der Waals surface area (Å²) in [7, 11) is 0. The predicted molar refractivity (Wildman–Crippen MR) is 108 cm³/mol. The molecule has 3 atom stereocenters. The van der Waals surface area contributed by atoms with E-state index in [1.807, 2.05) is 0 Å². The van der Waals surface area contributed by atoms with Crippen LogP contribution in [0.5, 0.6) is 0 Å². The Balaban J connectivity index is 1.62. The van der Waals surface area contributed by atoms with Crippen molar-refractivity contribution in [2.75, 3.05) is 26.2 Å². The van der Waals surface area contributed by atoms with E-state index < -0.39 is 0 Å². The van der Waals surface area contributed by atoms with E-state index in [1.165, 1.54) is 71.0 Å². The molecule has 25 heavy (non-hydrogen) atoms. The van der Waals surface area contributed by atoms with Gasteiger partial charge in [-0.25, -0.2) is 0 Å². The van der Waals surface area contributed by atoms with Crippen LogP contribution in [0.1, 0.15) is 86.0 Å². The molecule has 0 aromatic heterocycles. The molecule has 1 unspecified atom stereocenters. The molecule has 0 aromatic carbocycles. The third-order valence-electron chi connectivity index (χ3n) is 6.82. The minimum Gasteiger partial charge on any atom is -0.379 e. The average Bonchev–Trinajstić information content (AvgIpc) is 2.61. The Hall–Kier alpha value is -0.120. The first-order valence-electron chi connectivity index (χ1n) is 11.2. The summed E-state index contributed by atoms with van der Waals surface area (Å²) in [5.74, 6) is 0.966. The number of hydrogen-bond donors (Lipinski definition) is 0. The summed E-state index contributed by atoms with van der Waals surface area (Å²) in [5, 5.41) is 0. The van der Waals surface area contributed by atoms with Crippen LogP contribution < -0.4 is 0 Å². The Morgan fingerprint density at radius 3 is 2.16 bits per heavy atom. The van der Waals surface area contributed by atoms with Crippen molar-refractivity contribution in [3.05, 3.63) is 0 Å². The fourth-order valence-electron chi connectivity index (χ4n) is 5.01. The highest BCUT2D eigenvalue weighted by Gasteiger charge is 2.30. The zero-order valence-electron chi connectivity index (χ0n) is 17.7. The highest BCUT2D eigenvalue weighted by molar-refractivity contribution is 4.86. The number of hydrogen-bond acceptors (Lipinski definition) is 3. The molecule has 2 rings (SSSR count). The standard InChI is InChI=1S/C22H44N2O/c1-6-18(3)23-16-19(4)24(20(5)17-23)15-9-8-10-21-11-13-22(14-12-21)25-7-2/h18-22H,6-17H2,1-5H3/t18?,19-,20+,21-,22-. The number of rotatable bonds is 9. The molecule has 148 valence electrons. The van der Waals surface area contributed by atoms with Crippen molar-refractivity contribution in [1.82, 2.24) is 9.80 Å². The summed E-state index contributed by atoms with van der Waals surface area (Å²) in [4.78, 5) is 5.47. The van der Waals surface area contributed by atoms with Gasteiger partial charge in [0.25, 0.3) is 0 Å². The monoisotopic (exact) mass is 352 g/mol. The van der Waals surface area contributed by atoms with Crippen LogP contribution in [0.15, 0.2) is 0 Å². The van der Waals surface area contributed by atoms with Crippen LogP contribution in [0.3, 0.4) is 0 Å². The fourth-order valence-corrected chi connectivity index (χ4v) is 5.01. The Morgan fingerprint density at radius 1 is 0.960 bits per heavy atom. The predicted octanol–water partition coefficient (Wildman–Crippen LogP) is 4.95. The summed E-state index contributed by atoms with van der Waals surface area (Å²) >= 11 is 0. The first kappa shape index (κ1) is 21.2. The molecule has 2 aliphatic rings. The van der Waals surface area contributed by atoms with Crippen molar-refractivity contribution in [2.45, 2.75) is 110 Å². The molecule has 1 aliphatic carbocycles. The lowest BCUT2D eigenvalue weighted by atomic mass is 9.84. The molecular weight excluding hydrogens is 308 g/mol. The molecule has 0 spiro atoms. The van der Waals surface area contributed by atoms with Gasteiger partial charge in [0, 0.05) is 37.8 Å². The van der Waals surface area contributed by atoms with Gasteiger partial charge >= 0.3 is 0 Å². The topological polar surface area (TPSA) is 15.7 Å². The number of piperazine rings is 1. The molecule has 0 radical (unpaired) electrons. The maximum Gasteiger partial charge on any atom is 0.0575 e. The Morgan fingerprint density at radius 2 is 1.60 bits per heavy atom. The minimum absolute atomic E-state index is 0.560. The van der Waals surface area contributed by atoms with Gasteiger partial charge in [-0.15, -0.1) is 0 Å². The summed E-state index contributed by atoms with van der Waals surface area (Å²) in [6.45, 7) is 16.4. The van der Waals surface area contributed by atoms with Gasteiger partial charge in [-0.05, 0) is 78.7 Å². The Labute approximate surface area is 157 Å². The van der Waals surface area contributed by atoms with Crippen molar-refractivity contribution in [3.8, 4) is 0 Å². The van der Waals surface area contributed by atoms with Crippen LogP contribution in [0.2, 0.25) is 0 Å². The highest BCUT2D eigenvalue weighted by atomic mass is 16.5. The van der Waals surface area contributed by atoms with Gasteiger partial charge in [0.2, 0.25) is 0 Å². The van der Waals surface area contributed by atoms with Gasteiger partial charge in [0.05, 0.1) is 6.10 Å². The van der Waals surface area contributed by atoms with Crippen molar-refractivity contribution >= 4 is 0 Å². The molecule has 1 saturated heterocycles. The van der Waals surface area contributed by atoms with Crippen molar-refractivity contribution in [3.63, 3.8) is 0 Å². The second-order valence-corrected chi connectivity index (χ2v) is 8.74. The average molecular weight is 353 g/mol. The molecule has 3 heteroatoms. The quantitative estimate of drug-likeness (QED) is 0.546. The van der Waals surface area contributed by atoms with Crippen LogP contribution in [-0.4, -0.2) is 60.3 Å². The van der Waals surface area contributed by atoms with E-state index in [0.717, 1.165) is 18.6 Å². The maximum absolute atomic E-state index is 5.78. The summed E-state index contributed by atoms with van der Waals surface area (Å²) in [5.41, 5.74) is 0. The fraction of sp³-hybridized carbons (Fsp3) is 1.00. The van der Waals surface area contributed by atoms with Crippen LogP contribution in [0.25, 0.3) is 0 Å². The van der Waals surface area contributed by atoms with Crippen LogP contribution >= 0.6 is 0 Å². The largest absolute Gasteiger partial charge is 0.379 e. The first-order chi connectivity index (χ1) is 12.0. The van der Waals surface area contributed by atoms with Gasteiger partial charge in [-0.3, -0.25) is 9.80 Å². The van der Waals surface area contributed by atoms with Crippen molar-refractivity contribution in [1.29, 1.82) is 0 Å². The molecule has 2 fully saturated rings. The molecule has 0 N–H and O–H groups in total. The second-order valence-electron chi connectivity index (χ2n) is 8.74. The molecule has 0 aromatic rings. The van der Waals surface area contributed by atoms with Crippen LogP contribution in [-0.2, 0) is 4.74 Å². The lowest BCUT2D eigenvalue weighted by molar-refractivity contribution is 0.0165. The van der Waals surface area contributed by atoms with Crippen molar-refractivity contribution in [2.24, 2.45) is 5.92 Å². The molecule has 1 heterocycles. The third-order valence-corrected chi connectivity index (χ3v) is 6.82. The van der Waals surface area contributed by atoms with E-state index in [2.05, 4.69) is 44.4 Å². The van der Waals surface area contributed by atoms with Crippen LogP contribution in [0, 0.1) is 5.92 Å². The first-order valence-corrected chi connectivity index (χ1v) is 11.2. The van der Waals surface area contributed by atoms with E-state index >= 15 is 0 Å². The summed E-state index contributed by atoms with van der Waals surface area (Å²) < 4.78 is 5.78. The SMILES string of the molecule is CCO[C@H]1CC[C@H](CCCCN2[C@H](C)CN(C(C)CC)C[C@@H]2C)CC1. The van der Waals surface area contributed by atoms with Gasteiger partial charge in [-0.1, -0.05) is 19.8 Å². The molecule has 1 aliphatic heterocycles. The van der Waals surface area contributed by atoms with Gasteiger partial charge in [0.1, 0.15) is 0 Å². The molecule has 3 nitrogen and oxygen atoms in total. The molecular formula is C22H44N2O. The number of nitrogens with zero attached hydrogens (tertiary/aromatic N) is 2. The van der Waals surface area contributed by atoms with Crippen LogP contribution in [0.4, 0.5) is 0 Å². The van der Waals surface area contributed by atoms with Gasteiger partial charge < -0.3 is 4.74 Å². The zero-order valence-corrected chi connectivity index (χ0v) is 17.7. The Bertz CT molecular complexity index is 342. The summed E-state index contributed by atoms with van der Waals surface area (Å²) in [6.07, 6.45) is 11.4. The smallest absolute Gasteiger partial charge is 0.0575 e. The second kappa shape index (κ2) is 10.9. The lowest BCUT2D eigenvalue weighted by Crippen LogP contribution is -2.58. The summed E-state index contributed by atoms with van der Waals surface area (Å²) in [6, 6.07) is 2.15. The normalized spacial score (nSPS) is 33.5. The maximum atomic E-state index is 5.78. The lowest BCUT2D eigenvalue weighted by Gasteiger charge is -2.46. The van der Waals surface area contributed by atoms with E-state index in [1.54, 1.807) is 0 Å². The van der Waals surface area contributed by atoms with Crippen molar-refractivity contribution < 1.29 is 4.74 Å². The number of unbranched alkanes of at least 4 members (excludes halogenated alkanes) is 1. The molecule has 0 bridgehead atoms. The molecule has 1 saturated carbocycles. The van der Waals surface area contributed by atoms with E-state index in [9.17, 15) is 0 Å². The van der Waals surface area contributed by atoms with Gasteiger partial charge in [-0.2, -0.15) is 0 Å². The van der Waals surface area contributed by atoms with Gasteiger partial charge in [0.15, 0.2) is 0 Å². The zero-order chi connectivity index (χ0) is 18.2.